The zero-order valence-corrected chi connectivity index (χ0v) is 19.0. The van der Waals surface area contributed by atoms with Crippen LogP contribution >= 0.6 is 11.6 Å². The average molecular weight is 501 g/mol. The molecule has 0 aliphatic carbocycles. The first kappa shape index (κ1) is 22.7. The summed E-state index contributed by atoms with van der Waals surface area (Å²) >= 11 is 6.35. The van der Waals surface area contributed by atoms with E-state index in [1.54, 1.807) is 37.4 Å². The molecular formula is C24H16ClF3N4O3. The van der Waals surface area contributed by atoms with Gasteiger partial charge in [0, 0.05) is 17.3 Å². The van der Waals surface area contributed by atoms with Crippen molar-refractivity contribution in [3.8, 4) is 34.1 Å². The predicted octanol–water partition coefficient (Wildman–Crippen LogP) is 5.77. The molecule has 0 unspecified atom stereocenters. The van der Waals surface area contributed by atoms with Gasteiger partial charge in [-0.05, 0) is 48.9 Å². The Labute approximate surface area is 200 Å². The highest BCUT2D eigenvalue weighted by molar-refractivity contribution is 6.36. The van der Waals surface area contributed by atoms with Crippen LogP contribution in [-0.4, -0.2) is 33.1 Å². The normalized spacial score (nSPS) is 11.8. The number of ether oxygens (including phenoxy) is 2. The van der Waals surface area contributed by atoms with Gasteiger partial charge in [0.1, 0.15) is 11.5 Å². The molecule has 35 heavy (non-hydrogen) atoms. The molecular weight excluding hydrogens is 485 g/mol. The third-order valence-electron chi connectivity index (χ3n) is 5.50. The second kappa shape index (κ2) is 8.31. The van der Waals surface area contributed by atoms with Crippen LogP contribution in [0.4, 0.5) is 13.2 Å². The molecule has 5 rings (SSSR count). The van der Waals surface area contributed by atoms with Crippen molar-refractivity contribution in [3.63, 3.8) is 0 Å². The molecule has 7 nitrogen and oxygen atoms in total. The molecule has 0 fully saturated rings. The van der Waals surface area contributed by atoms with Crippen LogP contribution in [0.1, 0.15) is 5.56 Å². The molecule has 0 aliphatic rings. The maximum atomic E-state index is 13.1. The lowest BCUT2D eigenvalue weighted by Gasteiger charge is -2.09. The zero-order chi connectivity index (χ0) is 24.9. The molecule has 5 aromatic rings. The van der Waals surface area contributed by atoms with Gasteiger partial charge in [0.25, 0.3) is 0 Å². The Bertz CT molecular complexity index is 1640. The van der Waals surface area contributed by atoms with Crippen molar-refractivity contribution in [3.05, 3.63) is 75.5 Å². The van der Waals surface area contributed by atoms with Crippen LogP contribution in [0.2, 0.25) is 5.02 Å². The van der Waals surface area contributed by atoms with Crippen LogP contribution in [0.5, 0.6) is 11.5 Å². The van der Waals surface area contributed by atoms with E-state index in [2.05, 4.69) is 19.8 Å². The van der Waals surface area contributed by atoms with Gasteiger partial charge in [-0.1, -0.05) is 23.7 Å². The SMILES string of the molecule is COc1ccc2[nH]c(-c3nc4ccc(-c5ccc(OC(F)(F)F)cc5)cn4n3)c(C)c(=O)c2c1Cl. The number of alkyl halides is 3. The zero-order valence-electron chi connectivity index (χ0n) is 18.3. The summed E-state index contributed by atoms with van der Waals surface area (Å²) in [6.45, 7) is 1.66. The molecule has 1 N–H and O–H groups in total. The van der Waals surface area contributed by atoms with Gasteiger partial charge in [0.15, 0.2) is 16.9 Å². The molecule has 3 aromatic heterocycles. The fraction of sp³-hybridized carbons (Fsp3) is 0.125. The topological polar surface area (TPSA) is 81.5 Å². The van der Waals surface area contributed by atoms with Gasteiger partial charge in [-0.2, -0.15) is 0 Å². The number of nitrogens with one attached hydrogen (secondary N) is 1. The van der Waals surface area contributed by atoms with E-state index in [-0.39, 0.29) is 16.2 Å². The molecule has 0 saturated carbocycles. The Morgan fingerprint density at radius 3 is 2.43 bits per heavy atom. The molecule has 0 bridgehead atoms. The minimum absolute atomic E-state index is 0.222. The number of nitrogens with zero attached hydrogens (tertiary/aromatic N) is 3. The molecule has 0 spiro atoms. The Morgan fingerprint density at radius 1 is 1.03 bits per heavy atom. The number of methoxy groups -OCH3 is 1. The highest BCUT2D eigenvalue weighted by Crippen LogP contribution is 2.32. The van der Waals surface area contributed by atoms with Gasteiger partial charge in [0.05, 0.1) is 28.7 Å². The van der Waals surface area contributed by atoms with E-state index in [1.807, 2.05) is 0 Å². The number of hydrogen-bond donors (Lipinski definition) is 1. The highest BCUT2D eigenvalue weighted by atomic mass is 35.5. The number of fused-ring (bicyclic) bond motifs is 2. The smallest absolute Gasteiger partial charge is 0.495 e. The van der Waals surface area contributed by atoms with E-state index in [4.69, 9.17) is 16.3 Å². The lowest BCUT2D eigenvalue weighted by molar-refractivity contribution is -0.274. The van der Waals surface area contributed by atoms with Crippen molar-refractivity contribution in [2.75, 3.05) is 7.11 Å². The Kier molecular flexibility index (Phi) is 5.40. The standard InChI is InChI=1S/C24H16ClF3N4O3/c1-12-21(29-16-8-9-17(34-2)20(25)19(16)22(12)33)23-30-18-10-5-14(11-32(18)31-23)13-3-6-15(7-4-13)35-24(26,27)28/h3-11H,1-2H3,(H,29,33). The van der Waals surface area contributed by atoms with Crippen LogP contribution < -0.4 is 14.9 Å². The van der Waals surface area contributed by atoms with E-state index in [0.29, 0.717) is 50.5 Å². The number of rotatable bonds is 4. The first-order valence-electron chi connectivity index (χ1n) is 10.3. The highest BCUT2D eigenvalue weighted by Gasteiger charge is 2.31. The van der Waals surface area contributed by atoms with Crippen molar-refractivity contribution in [1.82, 2.24) is 19.6 Å². The molecule has 3 heterocycles. The molecule has 0 amide bonds. The van der Waals surface area contributed by atoms with Gasteiger partial charge < -0.3 is 14.5 Å². The minimum Gasteiger partial charge on any atom is -0.495 e. The van der Waals surface area contributed by atoms with Gasteiger partial charge in [-0.25, -0.2) is 9.50 Å². The summed E-state index contributed by atoms with van der Waals surface area (Å²) in [5.41, 5.74) is 2.98. The van der Waals surface area contributed by atoms with Gasteiger partial charge in [-0.15, -0.1) is 18.3 Å². The number of aromatic amines is 1. The Balaban J connectivity index is 1.55. The quantitative estimate of drug-likeness (QED) is 0.338. The van der Waals surface area contributed by atoms with Gasteiger partial charge in [-0.3, -0.25) is 4.79 Å². The monoisotopic (exact) mass is 500 g/mol. The van der Waals surface area contributed by atoms with Crippen LogP contribution in [-0.2, 0) is 0 Å². The van der Waals surface area contributed by atoms with E-state index in [9.17, 15) is 18.0 Å². The Hall–Kier alpha value is -4.05. The van der Waals surface area contributed by atoms with Crippen molar-refractivity contribution < 1.29 is 22.6 Å². The van der Waals surface area contributed by atoms with Crippen LogP contribution in [0.25, 0.3) is 39.2 Å². The molecule has 0 aliphatic heterocycles. The number of benzene rings is 2. The van der Waals surface area contributed by atoms with Crippen molar-refractivity contribution in [2.45, 2.75) is 13.3 Å². The fourth-order valence-electron chi connectivity index (χ4n) is 3.80. The minimum atomic E-state index is -4.75. The molecule has 2 aromatic carbocycles. The Morgan fingerprint density at radius 2 is 1.74 bits per heavy atom. The molecule has 0 saturated heterocycles. The number of H-pyrrole nitrogens is 1. The summed E-state index contributed by atoms with van der Waals surface area (Å²) in [5, 5.41) is 5.04. The summed E-state index contributed by atoms with van der Waals surface area (Å²) in [4.78, 5) is 20.8. The summed E-state index contributed by atoms with van der Waals surface area (Å²) in [5.74, 6) is 0.395. The van der Waals surface area contributed by atoms with Crippen molar-refractivity contribution >= 4 is 28.2 Å². The van der Waals surface area contributed by atoms with E-state index in [1.165, 1.54) is 35.9 Å². The predicted molar refractivity (Wildman–Crippen MR) is 125 cm³/mol. The first-order valence-corrected chi connectivity index (χ1v) is 10.6. The summed E-state index contributed by atoms with van der Waals surface area (Å²) in [6, 6.07) is 12.4. The molecule has 0 atom stereocenters. The van der Waals surface area contributed by atoms with Crippen molar-refractivity contribution in [1.29, 1.82) is 0 Å². The molecule has 178 valence electrons. The van der Waals surface area contributed by atoms with Crippen LogP contribution in [0.15, 0.2) is 59.5 Å². The fourth-order valence-corrected chi connectivity index (χ4v) is 4.13. The summed E-state index contributed by atoms with van der Waals surface area (Å²) in [6.07, 6.45) is -3.06. The largest absolute Gasteiger partial charge is 0.573 e. The number of halogens is 4. The summed E-state index contributed by atoms with van der Waals surface area (Å²) in [7, 11) is 1.47. The van der Waals surface area contributed by atoms with E-state index in [0.717, 1.165) is 0 Å². The number of aromatic nitrogens is 4. The van der Waals surface area contributed by atoms with Gasteiger partial charge >= 0.3 is 6.36 Å². The molecule has 11 heteroatoms. The van der Waals surface area contributed by atoms with E-state index < -0.39 is 6.36 Å². The lowest BCUT2D eigenvalue weighted by Crippen LogP contribution is -2.16. The maximum Gasteiger partial charge on any atom is 0.573 e. The second-order valence-electron chi connectivity index (χ2n) is 7.69. The third kappa shape index (κ3) is 4.17. The first-order chi connectivity index (χ1) is 16.6. The second-order valence-corrected chi connectivity index (χ2v) is 8.06. The van der Waals surface area contributed by atoms with Crippen molar-refractivity contribution in [2.24, 2.45) is 0 Å². The maximum absolute atomic E-state index is 13.1. The van der Waals surface area contributed by atoms with Crippen LogP contribution in [0, 0.1) is 6.92 Å². The van der Waals surface area contributed by atoms with Crippen LogP contribution in [0.3, 0.4) is 0 Å². The van der Waals surface area contributed by atoms with Gasteiger partial charge in [0.2, 0.25) is 0 Å². The number of pyridine rings is 2. The number of hydrogen-bond acceptors (Lipinski definition) is 5. The third-order valence-corrected chi connectivity index (χ3v) is 5.88. The van der Waals surface area contributed by atoms with E-state index >= 15 is 0 Å². The lowest BCUT2D eigenvalue weighted by atomic mass is 10.1. The average Bonchev–Trinajstić information content (AvgIpc) is 3.24. The molecule has 0 radical (unpaired) electrons. The summed E-state index contributed by atoms with van der Waals surface area (Å²) < 4.78 is 47.9.